The van der Waals surface area contributed by atoms with Gasteiger partial charge in [0, 0.05) is 23.1 Å². The molecular weight excluding hydrogens is 286 g/mol. The van der Waals surface area contributed by atoms with Crippen molar-refractivity contribution in [2.24, 2.45) is 0 Å². The maximum atomic E-state index is 12.4. The Bertz CT molecular complexity index is 659. The van der Waals surface area contributed by atoms with Gasteiger partial charge in [0.05, 0.1) is 5.54 Å². The quantitative estimate of drug-likeness (QED) is 0.919. The van der Waals surface area contributed by atoms with Crippen LogP contribution in [-0.4, -0.2) is 16.0 Å². The first kappa shape index (κ1) is 14.3. The number of amides is 1. The zero-order chi connectivity index (χ0) is 15.0. The number of aromatic nitrogens is 2. The molecule has 1 unspecified atom stereocenters. The summed E-state index contributed by atoms with van der Waals surface area (Å²) in [5, 5.41) is 9.85. The zero-order valence-electron chi connectivity index (χ0n) is 12.5. The molecule has 6 heteroatoms. The molecule has 1 aliphatic rings. The molecule has 0 aromatic carbocycles. The van der Waals surface area contributed by atoms with Crippen LogP contribution in [0.25, 0.3) is 0 Å². The van der Waals surface area contributed by atoms with Crippen molar-refractivity contribution in [2.45, 2.75) is 51.5 Å². The predicted octanol–water partition coefficient (Wildman–Crippen LogP) is 3.37. The lowest BCUT2D eigenvalue weighted by molar-refractivity contribution is 0.0892. The zero-order valence-corrected chi connectivity index (χ0v) is 13.3. The number of carbonyl (C=O) groups excluding carboxylic acids is 1. The minimum Gasteiger partial charge on any atom is -0.360 e. The summed E-state index contributed by atoms with van der Waals surface area (Å²) in [6, 6.07) is 1.76. The Labute approximate surface area is 127 Å². The maximum absolute atomic E-state index is 12.4. The van der Waals surface area contributed by atoms with Gasteiger partial charge in [-0.25, -0.2) is 4.98 Å². The van der Waals surface area contributed by atoms with E-state index in [1.807, 2.05) is 26.2 Å². The summed E-state index contributed by atoms with van der Waals surface area (Å²) in [4.78, 5) is 16.9. The molecule has 1 N–H and O–H groups in total. The number of hydrogen-bond acceptors (Lipinski definition) is 5. The Morgan fingerprint density at radius 3 is 2.90 bits per heavy atom. The fourth-order valence-electron chi connectivity index (χ4n) is 2.17. The van der Waals surface area contributed by atoms with Crippen molar-refractivity contribution in [3.8, 4) is 0 Å². The molecule has 2 heterocycles. The van der Waals surface area contributed by atoms with Gasteiger partial charge < -0.3 is 9.84 Å². The minimum absolute atomic E-state index is 0.206. The van der Waals surface area contributed by atoms with Gasteiger partial charge in [0.1, 0.15) is 10.8 Å². The van der Waals surface area contributed by atoms with E-state index in [1.165, 1.54) is 0 Å². The van der Waals surface area contributed by atoms with Crippen LogP contribution in [0.4, 0.5) is 0 Å². The second-order valence-electron chi connectivity index (χ2n) is 5.82. The van der Waals surface area contributed by atoms with Crippen molar-refractivity contribution < 1.29 is 9.32 Å². The van der Waals surface area contributed by atoms with E-state index in [-0.39, 0.29) is 5.91 Å². The van der Waals surface area contributed by atoms with Crippen LogP contribution in [0.2, 0.25) is 0 Å². The van der Waals surface area contributed by atoms with Gasteiger partial charge in [-0.05, 0) is 33.1 Å². The molecule has 1 saturated carbocycles. The van der Waals surface area contributed by atoms with Crippen LogP contribution < -0.4 is 5.32 Å². The number of carbonyl (C=O) groups is 1. The molecule has 0 saturated heterocycles. The van der Waals surface area contributed by atoms with Crippen molar-refractivity contribution in [3.63, 3.8) is 0 Å². The summed E-state index contributed by atoms with van der Waals surface area (Å²) < 4.78 is 5.24. The second kappa shape index (κ2) is 5.26. The van der Waals surface area contributed by atoms with E-state index in [9.17, 15) is 4.79 Å². The smallest absolute Gasteiger partial charge is 0.274 e. The topological polar surface area (TPSA) is 68.0 Å². The third-order valence-corrected chi connectivity index (χ3v) is 5.15. The van der Waals surface area contributed by atoms with Crippen molar-refractivity contribution >= 4 is 17.2 Å². The molecular formula is C15H19N3O2S. The summed E-state index contributed by atoms with van der Waals surface area (Å²) in [5.41, 5.74) is 0.848. The average Bonchev–Trinajstić information content (AvgIpc) is 3.02. The van der Waals surface area contributed by atoms with E-state index in [0.717, 1.165) is 35.7 Å². The van der Waals surface area contributed by atoms with E-state index >= 15 is 0 Å². The standard InChI is InChI=1S/C15H19N3O2S/c1-4-15(3,14-16-9(2)8-21-14)17-13(19)11-7-12(20-18-11)10-5-6-10/h7-8,10H,4-6H2,1-3H3,(H,17,19). The molecule has 0 spiro atoms. The number of rotatable bonds is 5. The Kier molecular flexibility index (Phi) is 3.57. The first-order chi connectivity index (χ1) is 10.0. The first-order valence-electron chi connectivity index (χ1n) is 7.23. The van der Waals surface area contributed by atoms with Crippen molar-refractivity contribution in [1.82, 2.24) is 15.5 Å². The Balaban J connectivity index is 1.77. The molecule has 0 bridgehead atoms. The number of hydrogen-bond donors (Lipinski definition) is 1. The van der Waals surface area contributed by atoms with Crippen molar-refractivity contribution in [2.75, 3.05) is 0 Å². The lowest BCUT2D eigenvalue weighted by Crippen LogP contribution is -2.43. The molecule has 1 fully saturated rings. The largest absolute Gasteiger partial charge is 0.360 e. The number of nitrogens with one attached hydrogen (secondary N) is 1. The number of nitrogens with zero attached hydrogens (tertiary/aromatic N) is 2. The normalized spacial score (nSPS) is 17.5. The van der Waals surface area contributed by atoms with Crippen LogP contribution in [0.1, 0.15) is 66.0 Å². The summed E-state index contributed by atoms with van der Waals surface area (Å²) in [5.74, 6) is 1.07. The third-order valence-electron chi connectivity index (χ3n) is 3.93. The first-order valence-corrected chi connectivity index (χ1v) is 8.11. The van der Waals surface area contributed by atoms with Gasteiger partial charge in [0.15, 0.2) is 5.69 Å². The van der Waals surface area contributed by atoms with Crippen LogP contribution in [0.15, 0.2) is 16.0 Å². The van der Waals surface area contributed by atoms with Crippen molar-refractivity contribution in [1.29, 1.82) is 0 Å². The molecule has 5 nitrogen and oxygen atoms in total. The van der Waals surface area contributed by atoms with Gasteiger partial charge in [0.25, 0.3) is 5.91 Å². The van der Waals surface area contributed by atoms with Crippen LogP contribution in [0.3, 0.4) is 0 Å². The molecule has 3 rings (SSSR count). The molecule has 2 aromatic heterocycles. The average molecular weight is 305 g/mol. The number of aryl methyl sites for hydroxylation is 1. The summed E-state index contributed by atoms with van der Waals surface area (Å²) in [7, 11) is 0. The fourth-order valence-corrected chi connectivity index (χ4v) is 3.16. The van der Waals surface area contributed by atoms with Crippen LogP contribution in [0, 0.1) is 6.92 Å². The van der Waals surface area contributed by atoms with Gasteiger partial charge in [0.2, 0.25) is 0 Å². The van der Waals surface area contributed by atoms with E-state index < -0.39 is 5.54 Å². The number of thiazole rings is 1. The Morgan fingerprint density at radius 1 is 1.57 bits per heavy atom. The molecule has 2 aromatic rings. The van der Waals surface area contributed by atoms with Gasteiger partial charge in [-0.2, -0.15) is 0 Å². The minimum atomic E-state index is -0.477. The Hall–Kier alpha value is -1.69. The van der Waals surface area contributed by atoms with Gasteiger partial charge in [-0.15, -0.1) is 11.3 Å². The monoisotopic (exact) mass is 305 g/mol. The maximum Gasteiger partial charge on any atom is 0.274 e. The van der Waals surface area contributed by atoms with Crippen LogP contribution >= 0.6 is 11.3 Å². The van der Waals surface area contributed by atoms with Gasteiger partial charge in [-0.3, -0.25) is 4.79 Å². The van der Waals surface area contributed by atoms with Crippen LogP contribution in [-0.2, 0) is 5.54 Å². The third kappa shape index (κ3) is 2.85. The van der Waals surface area contributed by atoms with Crippen LogP contribution in [0.5, 0.6) is 0 Å². The highest BCUT2D eigenvalue weighted by Crippen LogP contribution is 2.40. The molecule has 1 amide bonds. The second-order valence-corrected chi connectivity index (χ2v) is 6.68. The summed E-state index contributed by atoms with van der Waals surface area (Å²) in [6.45, 7) is 5.98. The Morgan fingerprint density at radius 2 is 2.33 bits per heavy atom. The predicted molar refractivity (Wildman–Crippen MR) is 80.4 cm³/mol. The molecule has 1 atom stereocenters. The fraction of sp³-hybridized carbons (Fsp3) is 0.533. The van der Waals surface area contributed by atoms with E-state index in [4.69, 9.17) is 4.52 Å². The molecule has 21 heavy (non-hydrogen) atoms. The van der Waals surface area contributed by atoms with Gasteiger partial charge >= 0.3 is 0 Å². The lowest BCUT2D eigenvalue weighted by Gasteiger charge is -2.26. The SMILES string of the molecule is CCC(C)(NC(=O)c1cc(C2CC2)on1)c1nc(C)cs1. The molecule has 0 radical (unpaired) electrons. The highest BCUT2D eigenvalue weighted by atomic mass is 32.1. The molecule has 112 valence electrons. The molecule has 1 aliphatic carbocycles. The van der Waals surface area contributed by atoms with E-state index in [1.54, 1.807) is 17.4 Å². The lowest BCUT2D eigenvalue weighted by atomic mass is 9.99. The van der Waals surface area contributed by atoms with E-state index in [0.29, 0.717) is 11.6 Å². The molecule has 0 aliphatic heterocycles. The van der Waals surface area contributed by atoms with Gasteiger partial charge in [-0.1, -0.05) is 12.1 Å². The highest BCUT2D eigenvalue weighted by molar-refractivity contribution is 7.09. The summed E-state index contributed by atoms with van der Waals surface area (Å²) >= 11 is 1.57. The highest BCUT2D eigenvalue weighted by Gasteiger charge is 2.33. The van der Waals surface area contributed by atoms with Crippen molar-refractivity contribution in [3.05, 3.63) is 33.6 Å². The van der Waals surface area contributed by atoms with E-state index in [2.05, 4.69) is 15.5 Å². The summed E-state index contributed by atoms with van der Waals surface area (Å²) in [6.07, 6.45) is 3.02.